The fourth-order valence-electron chi connectivity index (χ4n) is 4.25. The second-order valence-corrected chi connectivity index (χ2v) is 9.56. The van der Waals surface area contributed by atoms with Crippen LogP contribution in [-0.2, 0) is 9.59 Å². The zero-order valence-corrected chi connectivity index (χ0v) is 24.7. The molecule has 228 valence electrons. The summed E-state index contributed by atoms with van der Waals surface area (Å²) in [5, 5.41) is 5.84. The molecule has 0 bridgehead atoms. The molecule has 1 aliphatic carbocycles. The Morgan fingerprint density at radius 3 is 2.19 bits per heavy atom. The molecule has 1 aliphatic rings. The van der Waals surface area contributed by atoms with E-state index in [-0.39, 0.29) is 36.3 Å². The third-order valence-corrected chi connectivity index (χ3v) is 6.72. The van der Waals surface area contributed by atoms with Gasteiger partial charge in [-0.2, -0.15) is 0 Å². The first-order valence-corrected chi connectivity index (χ1v) is 13.0. The summed E-state index contributed by atoms with van der Waals surface area (Å²) < 4.78 is 45.4. The summed E-state index contributed by atoms with van der Waals surface area (Å²) in [6.07, 6.45) is 2.89. The number of carbonyl (C=O) groups is 2. The lowest BCUT2D eigenvalue weighted by atomic mass is 10.0. The maximum absolute atomic E-state index is 15.1. The second kappa shape index (κ2) is 14.3. The number of halogens is 4. The molecule has 1 fully saturated rings. The molecule has 43 heavy (non-hydrogen) atoms. The topological polar surface area (TPSA) is 125 Å². The van der Waals surface area contributed by atoms with Crippen LogP contribution < -0.4 is 30.6 Å². The zero-order valence-electron chi connectivity index (χ0n) is 23.0. The Kier molecular flexibility index (Phi) is 11.1. The van der Waals surface area contributed by atoms with Crippen LogP contribution in [0.5, 0.6) is 23.0 Å². The smallest absolute Gasteiger partial charge is 0.240 e. The van der Waals surface area contributed by atoms with Gasteiger partial charge in [0.2, 0.25) is 11.8 Å². The molecular weight excluding hydrogens is 605 g/mol. The first-order valence-electron chi connectivity index (χ1n) is 13.0. The Morgan fingerprint density at radius 1 is 0.884 bits per heavy atom. The number of rotatable bonds is 11. The Bertz CT molecular complexity index is 1600. The van der Waals surface area contributed by atoms with Gasteiger partial charge in [0.05, 0.1) is 19.2 Å². The molecule has 4 N–H and O–H groups in total. The van der Waals surface area contributed by atoms with Gasteiger partial charge in [0.25, 0.3) is 0 Å². The van der Waals surface area contributed by atoms with E-state index < -0.39 is 28.9 Å². The summed E-state index contributed by atoms with van der Waals surface area (Å²) in [5.41, 5.74) is 5.36. The molecular formula is C30H30Cl2F2N4O5. The number of benzene rings is 3. The fraction of sp³-hybridized carbons (Fsp3) is 0.233. The molecule has 5 rings (SSSR count). The van der Waals surface area contributed by atoms with Crippen molar-refractivity contribution in [1.82, 2.24) is 4.98 Å². The average Bonchev–Trinajstić information content (AvgIpc) is 3.78. The van der Waals surface area contributed by atoms with Crippen LogP contribution in [0.2, 0.25) is 0 Å². The third-order valence-electron chi connectivity index (χ3n) is 6.72. The Balaban J connectivity index is 0.00000253. The SMILES string of the molecule is COc1cc2c(Oc3ccc(NC(=O)C4(C(=O)Nc5ccc(F)cc5)CC4)cc3F)ccnc2cc1OCCCN.Cl.Cl. The molecule has 0 radical (unpaired) electrons. The minimum atomic E-state index is -1.28. The van der Waals surface area contributed by atoms with Crippen LogP contribution in [0.1, 0.15) is 19.3 Å². The van der Waals surface area contributed by atoms with Crippen molar-refractivity contribution in [1.29, 1.82) is 0 Å². The van der Waals surface area contributed by atoms with Crippen molar-refractivity contribution in [2.24, 2.45) is 11.1 Å². The molecule has 1 saturated carbocycles. The molecule has 0 atom stereocenters. The van der Waals surface area contributed by atoms with E-state index in [9.17, 15) is 14.0 Å². The fourth-order valence-corrected chi connectivity index (χ4v) is 4.25. The van der Waals surface area contributed by atoms with E-state index in [0.717, 1.165) is 6.07 Å². The summed E-state index contributed by atoms with van der Waals surface area (Å²) in [6.45, 7) is 0.913. The van der Waals surface area contributed by atoms with E-state index in [4.69, 9.17) is 19.9 Å². The van der Waals surface area contributed by atoms with Gasteiger partial charge in [0.1, 0.15) is 17.0 Å². The number of nitrogens with two attached hydrogens (primary N) is 1. The van der Waals surface area contributed by atoms with Gasteiger partial charge in [-0.15, -0.1) is 24.8 Å². The van der Waals surface area contributed by atoms with E-state index in [1.807, 2.05) is 0 Å². The first-order chi connectivity index (χ1) is 19.8. The highest BCUT2D eigenvalue weighted by Crippen LogP contribution is 2.47. The van der Waals surface area contributed by atoms with Crippen molar-refractivity contribution < 1.29 is 32.6 Å². The van der Waals surface area contributed by atoms with Crippen LogP contribution in [0.25, 0.3) is 10.9 Å². The third kappa shape index (κ3) is 7.42. The normalized spacial score (nSPS) is 12.7. The van der Waals surface area contributed by atoms with Gasteiger partial charge in [0, 0.05) is 35.1 Å². The van der Waals surface area contributed by atoms with Crippen molar-refractivity contribution >= 4 is 58.9 Å². The molecule has 1 aromatic heterocycles. The lowest BCUT2D eigenvalue weighted by molar-refractivity contribution is -0.131. The van der Waals surface area contributed by atoms with E-state index >= 15 is 4.39 Å². The van der Waals surface area contributed by atoms with Gasteiger partial charge in [-0.1, -0.05) is 0 Å². The highest BCUT2D eigenvalue weighted by atomic mass is 35.5. The summed E-state index contributed by atoms with van der Waals surface area (Å²) in [4.78, 5) is 30.1. The molecule has 1 heterocycles. The van der Waals surface area contributed by atoms with Gasteiger partial charge in [-0.05, 0) is 74.3 Å². The van der Waals surface area contributed by atoms with Crippen molar-refractivity contribution in [3.8, 4) is 23.0 Å². The number of nitrogens with one attached hydrogen (secondary N) is 2. The number of methoxy groups -OCH3 is 1. The number of hydrogen-bond donors (Lipinski definition) is 3. The molecule has 4 aromatic rings. The number of hydrogen-bond acceptors (Lipinski definition) is 7. The van der Waals surface area contributed by atoms with E-state index in [1.54, 1.807) is 18.2 Å². The maximum Gasteiger partial charge on any atom is 0.240 e. The Labute approximate surface area is 258 Å². The van der Waals surface area contributed by atoms with Crippen molar-refractivity contribution in [2.75, 3.05) is 30.9 Å². The van der Waals surface area contributed by atoms with Gasteiger partial charge in [0.15, 0.2) is 23.1 Å². The van der Waals surface area contributed by atoms with Crippen LogP contribution in [0, 0.1) is 17.0 Å². The highest BCUT2D eigenvalue weighted by molar-refractivity contribution is 6.16. The lowest BCUT2D eigenvalue weighted by Crippen LogP contribution is -2.35. The molecule has 13 heteroatoms. The van der Waals surface area contributed by atoms with Gasteiger partial charge in [-0.3, -0.25) is 14.6 Å². The van der Waals surface area contributed by atoms with Crippen LogP contribution >= 0.6 is 24.8 Å². The van der Waals surface area contributed by atoms with Crippen LogP contribution in [0.3, 0.4) is 0 Å². The number of nitrogens with zero attached hydrogens (tertiary/aromatic N) is 1. The van der Waals surface area contributed by atoms with Crippen molar-refractivity contribution in [3.05, 3.63) is 78.5 Å². The summed E-state index contributed by atoms with van der Waals surface area (Å²) in [5.74, 6) is -0.989. The van der Waals surface area contributed by atoms with E-state index in [2.05, 4.69) is 15.6 Å². The van der Waals surface area contributed by atoms with Gasteiger partial charge < -0.3 is 30.6 Å². The second-order valence-electron chi connectivity index (χ2n) is 9.56. The minimum absolute atomic E-state index is 0. The molecule has 2 amide bonds. The summed E-state index contributed by atoms with van der Waals surface area (Å²) >= 11 is 0. The van der Waals surface area contributed by atoms with Crippen LogP contribution in [0.15, 0.2) is 66.9 Å². The predicted molar refractivity (Wildman–Crippen MR) is 164 cm³/mol. The number of pyridine rings is 1. The van der Waals surface area contributed by atoms with Crippen LogP contribution in [0.4, 0.5) is 20.2 Å². The molecule has 9 nitrogen and oxygen atoms in total. The number of carbonyl (C=O) groups excluding carboxylic acids is 2. The first kappa shape index (κ1) is 33.3. The van der Waals surface area contributed by atoms with Crippen LogP contribution in [-0.4, -0.2) is 37.1 Å². The van der Waals surface area contributed by atoms with E-state index in [0.29, 0.717) is 66.3 Å². The number of fused-ring (bicyclic) bond motifs is 1. The lowest BCUT2D eigenvalue weighted by Gasteiger charge is -2.16. The molecule has 0 aliphatic heterocycles. The Hall–Kier alpha value is -4.19. The zero-order chi connectivity index (χ0) is 29.0. The number of anilines is 2. The van der Waals surface area contributed by atoms with E-state index in [1.165, 1.54) is 49.7 Å². The quantitative estimate of drug-likeness (QED) is 0.132. The molecule has 3 aromatic carbocycles. The number of ether oxygens (including phenoxy) is 3. The summed E-state index contributed by atoms with van der Waals surface area (Å²) in [6, 6.07) is 14.2. The molecule has 0 spiro atoms. The van der Waals surface area contributed by atoms with Gasteiger partial charge in [-0.25, -0.2) is 8.78 Å². The van der Waals surface area contributed by atoms with Gasteiger partial charge >= 0.3 is 0 Å². The highest BCUT2D eigenvalue weighted by Gasteiger charge is 2.56. The predicted octanol–water partition coefficient (Wildman–Crippen LogP) is 6.24. The Morgan fingerprint density at radius 2 is 1.56 bits per heavy atom. The number of amides is 2. The number of aromatic nitrogens is 1. The molecule has 0 saturated heterocycles. The largest absolute Gasteiger partial charge is 0.493 e. The average molecular weight is 635 g/mol. The standard InChI is InChI=1S/C30H28F2N4O5.2ClH/c1-39-26-16-21-23(17-27(26)40-14-2-12-33)34-13-9-24(21)41-25-8-7-20(15-22(25)32)36-29(38)30(10-11-30)28(37)35-19-5-3-18(31)4-6-19;;/h3-9,13,15-17H,2,10-12,14,33H2,1H3,(H,35,37)(H,36,38);2*1H. The van der Waals surface area contributed by atoms with Crippen molar-refractivity contribution in [2.45, 2.75) is 19.3 Å². The minimum Gasteiger partial charge on any atom is -0.493 e. The maximum atomic E-state index is 15.1. The summed E-state index contributed by atoms with van der Waals surface area (Å²) in [7, 11) is 1.51. The molecule has 0 unspecified atom stereocenters. The van der Waals surface area contributed by atoms with Crippen molar-refractivity contribution in [3.63, 3.8) is 0 Å². The monoisotopic (exact) mass is 634 g/mol.